The number of nitrogens with two attached hydrogens (primary N) is 1. The molecule has 1 aromatic carbocycles. The third kappa shape index (κ3) is 2.92. The Morgan fingerprint density at radius 2 is 1.96 bits per heavy atom. The number of fused-ring (bicyclic) bond motifs is 1. The average molecular weight is 484 g/mol. The molecule has 0 amide bonds. The summed E-state index contributed by atoms with van der Waals surface area (Å²) >= 11 is 2.36. The number of halogens is 1. The van der Waals surface area contributed by atoms with E-state index in [1.807, 2.05) is 0 Å². The van der Waals surface area contributed by atoms with Crippen LogP contribution in [0.25, 0.3) is 11.0 Å². The topological polar surface area (TPSA) is 111 Å². The lowest BCUT2D eigenvalue weighted by Crippen LogP contribution is -2.15. The fourth-order valence-electron chi connectivity index (χ4n) is 2.79. The van der Waals surface area contributed by atoms with E-state index >= 15 is 0 Å². The Morgan fingerprint density at radius 1 is 1.23 bits per heavy atom. The van der Waals surface area contributed by atoms with Crippen LogP contribution >= 0.6 is 22.6 Å². The molecule has 1 saturated carbocycles. The van der Waals surface area contributed by atoms with E-state index in [0.717, 1.165) is 17.3 Å². The van der Waals surface area contributed by atoms with Gasteiger partial charge in [0, 0.05) is 9.84 Å². The largest absolute Gasteiger partial charge is 0.475 e. The van der Waals surface area contributed by atoms with Crippen molar-refractivity contribution in [2.75, 3.05) is 16.8 Å². The van der Waals surface area contributed by atoms with Crippen molar-refractivity contribution >= 4 is 49.3 Å². The van der Waals surface area contributed by atoms with Crippen LogP contribution < -0.4 is 10.5 Å². The van der Waals surface area contributed by atoms with Crippen LogP contribution in [-0.2, 0) is 9.84 Å². The monoisotopic (exact) mass is 484 g/mol. The van der Waals surface area contributed by atoms with E-state index < -0.39 is 9.84 Å². The van der Waals surface area contributed by atoms with Crippen molar-refractivity contribution in [3.63, 3.8) is 0 Å². The molecule has 0 unspecified atom stereocenters. The van der Waals surface area contributed by atoms with Crippen LogP contribution in [0.2, 0.25) is 0 Å². The van der Waals surface area contributed by atoms with Gasteiger partial charge in [-0.25, -0.2) is 13.4 Å². The predicted octanol–water partition coefficient (Wildman–Crippen LogP) is 2.97. The molecule has 1 aliphatic rings. The van der Waals surface area contributed by atoms with E-state index in [0.29, 0.717) is 18.0 Å². The van der Waals surface area contributed by atoms with Crippen molar-refractivity contribution in [1.29, 1.82) is 0 Å². The summed E-state index contributed by atoms with van der Waals surface area (Å²) in [5, 5.41) is 0. The Labute approximate surface area is 164 Å². The Hall–Kier alpha value is -1.88. The van der Waals surface area contributed by atoms with Crippen LogP contribution in [0.4, 0.5) is 5.82 Å². The van der Waals surface area contributed by atoms with Crippen LogP contribution in [0.5, 0.6) is 5.88 Å². The highest BCUT2D eigenvalue weighted by molar-refractivity contribution is 14.1. The summed E-state index contributed by atoms with van der Waals surface area (Å²) < 4.78 is 32.9. The van der Waals surface area contributed by atoms with Gasteiger partial charge in [0.15, 0.2) is 0 Å². The van der Waals surface area contributed by atoms with E-state index in [2.05, 4.69) is 37.5 Å². The summed E-state index contributed by atoms with van der Waals surface area (Å²) in [6.45, 7) is 0.543. The van der Waals surface area contributed by atoms with Gasteiger partial charge in [0.25, 0.3) is 0 Å². The van der Waals surface area contributed by atoms with Gasteiger partial charge in [-0.05, 0) is 25.0 Å². The molecule has 26 heavy (non-hydrogen) atoms. The number of ether oxygens (including phenoxy) is 1. The van der Waals surface area contributed by atoms with E-state index in [-0.39, 0.29) is 26.5 Å². The van der Waals surface area contributed by atoms with Crippen molar-refractivity contribution in [1.82, 2.24) is 15.0 Å². The number of hydrogen-bond acceptors (Lipinski definition) is 6. The highest BCUT2D eigenvalue weighted by Gasteiger charge is 2.42. The molecule has 0 saturated heterocycles. The molecule has 2 aromatic heterocycles. The number of nitrogen functional groups attached to an aromatic ring is 1. The maximum atomic E-state index is 13.0. The molecule has 4 rings (SSSR count). The minimum absolute atomic E-state index is 0.0317. The summed E-state index contributed by atoms with van der Waals surface area (Å²) in [5.41, 5.74) is 6.86. The highest BCUT2D eigenvalue weighted by atomic mass is 127. The Morgan fingerprint density at radius 3 is 2.62 bits per heavy atom. The zero-order chi connectivity index (χ0) is 18.4. The molecule has 9 heteroatoms. The molecular formula is C17H17IN4O3S. The van der Waals surface area contributed by atoms with Crippen molar-refractivity contribution in [3.8, 4) is 5.88 Å². The van der Waals surface area contributed by atoms with Gasteiger partial charge in [-0.1, -0.05) is 40.8 Å². The molecule has 0 aliphatic heterocycles. The molecular weight excluding hydrogens is 467 g/mol. The highest BCUT2D eigenvalue weighted by Crippen LogP contribution is 2.47. The second-order valence-electron chi connectivity index (χ2n) is 6.51. The molecule has 7 nitrogen and oxygen atoms in total. The number of hydrogen-bond donors (Lipinski definition) is 2. The lowest BCUT2D eigenvalue weighted by molar-refractivity contribution is 0.246. The van der Waals surface area contributed by atoms with Crippen molar-refractivity contribution in [2.24, 2.45) is 5.41 Å². The predicted molar refractivity (Wildman–Crippen MR) is 106 cm³/mol. The quantitative estimate of drug-likeness (QED) is 0.411. The van der Waals surface area contributed by atoms with Crippen LogP contribution in [0.1, 0.15) is 12.8 Å². The van der Waals surface area contributed by atoms with Crippen molar-refractivity contribution in [3.05, 3.63) is 36.7 Å². The van der Waals surface area contributed by atoms with Crippen LogP contribution in [-0.4, -0.2) is 34.4 Å². The first-order valence-electron chi connectivity index (χ1n) is 8.08. The van der Waals surface area contributed by atoms with E-state index in [1.165, 1.54) is 18.5 Å². The van der Waals surface area contributed by atoms with Crippen molar-refractivity contribution < 1.29 is 13.2 Å². The molecule has 1 aliphatic carbocycles. The molecule has 0 atom stereocenters. The van der Waals surface area contributed by atoms with Gasteiger partial charge in [-0.15, -0.1) is 0 Å². The number of alkyl halides is 1. The Kier molecular flexibility index (Phi) is 4.30. The lowest BCUT2D eigenvalue weighted by Gasteiger charge is -2.12. The van der Waals surface area contributed by atoms with Gasteiger partial charge in [0.2, 0.25) is 15.7 Å². The molecule has 3 N–H and O–H groups in total. The Balaban J connectivity index is 1.78. The third-order valence-corrected chi connectivity index (χ3v) is 8.07. The number of sulfone groups is 1. The van der Waals surface area contributed by atoms with Crippen LogP contribution in [0, 0.1) is 5.41 Å². The second-order valence-corrected chi connectivity index (χ2v) is 9.16. The summed E-state index contributed by atoms with van der Waals surface area (Å²) in [7, 11) is -3.81. The average Bonchev–Trinajstić information content (AvgIpc) is 3.35. The number of H-pyrrole nitrogens is 1. The summed E-state index contributed by atoms with van der Waals surface area (Å²) in [6.07, 6.45) is 3.56. The fraction of sp³-hybridized carbons (Fsp3) is 0.294. The first kappa shape index (κ1) is 17.5. The van der Waals surface area contributed by atoms with Gasteiger partial charge >= 0.3 is 0 Å². The molecule has 1 fully saturated rings. The number of nitrogens with one attached hydrogen (secondary N) is 1. The molecule has 3 aromatic rings. The number of rotatable bonds is 6. The van der Waals surface area contributed by atoms with Gasteiger partial charge < -0.3 is 15.5 Å². The van der Waals surface area contributed by atoms with Crippen LogP contribution in [0.15, 0.2) is 46.5 Å². The van der Waals surface area contributed by atoms with Crippen molar-refractivity contribution in [2.45, 2.75) is 22.6 Å². The molecule has 0 spiro atoms. The molecule has 0 radical (unpaired) electrons. The second kappa shape index (κ2) is 6.38. The number of aromatic amines is 1. The summed E-state index contributed by atoms with van der Waals surface area (Å²) in [4.78, 5) is 11.3. The van der Waals surface area contributed by atoms with E-state index in [1.54, 1.807) is 18.2 Å². The lowest BCUT2D eigenvalue weighted by atomic mass is 10.2. The molecule has 136 valence electrons. The first-order chi connectivity index (χ1) is 12.5. The van der Waals surface area contributed by atoms with Crippen LogP contribution in [0.3, 0.4) is 0 Å². The first-order valence-corrected chi connectivity index (χ1v) is 11.1. The summed E-state index contributed by atoms with van der Waals surface area (Å²) in [5.74, 6) is 0.358. The number of anilines is 1. The maximum Gasteiger partial charge on any atom is 0.241 e. The smallest absolute Gasteiger partial charge is 0.241 e. The molecule has 2 heterocycles. The van der Waals surface area contributed by atoms with Gasteiger partial charge in [0.05, 0.1) is 11.5 Å². The van der Waals surface area contributed by atoms with E-state index in [9.17, 15) is 8.42 Å². The third-order valence-electron chi connectivity index (χ3n) is 4.61. The standard InChI is InChI=1S/C17H17IN4O3S/c18-8-17(6-7-17)9-25-16-13-12(20-10-21-16)14(15(19)22-13)26(23,24)11-4-2-1-3-5-11/h1-5,10,22H,6-9,19H2. The van der Waals surface area contributed by atoms with Gasteiger partial charge in [0.1, 0.15) is 28.1 Å². The number of nitrogens with zero attached hydrogens (tertiary/aromatic N) is 2. The van der Waals surface area contributed by atoms with Gasteiger partial charge in [-0.2, -0.15) is 4.98 Å². The number of aromatic nitrogens is 3. The fourth-order valence-corrected chi connectivity index (χ4v) is 5.27. The molecule has 0 bridgehead atoms. The minimum Gasteiger partial charge on any atom is -0.475 e. The normalized spacial score (nSPS) is 15.9. The van der Waals surface area contributed by atoms with Gasteiger partial charge in [-0.3, -0.25) is 0 Å². The number of benzene rings is 1. The van der Waals surface area contributed by atoms with E-state index in [4.69, 9.17) is 10.5 Å². The zero-order valence-electron chi connectivity index (χ0n) is 13.8. The SMILES string of the molecule is Nc1[nH]c2c(OCC3(CI)CC3)ncnc2c1S(=O)(=O)c1ccccc1. The minimum atomic E-state index is -3.81. The zero-order valence-corrected chi connectivity index (χ0v) is 16.7. The summed E-state index contributed by atoms with van der Waals surface area (Å²) in [6, 6.07) is 8.15. The Bertz CT molecular complexity index is 1060. The maximum absolute atomic E-state index is 13.0.